The Morgan fingerprint density at radius 3 is 2.65 bits per heavy atom. The molecule has 3 rings (SSSR count). The Kier molecular flexibility index (Phi) is 4.47. The van der Waals surface area contributed by atoms with Gasteiger partial charge in [0.15, 0.2) is 0 Å². The molecular weight excluding hydrogens is 286 g/mol. The molecule has 3 aromatic rings. The number of hydrogen-bond donors (Lipinski definition) is 1. The van der Waals surface area contributed by atoms with Gasteiger partial charge in [0.25, 0.3) is 0 Å². The predicted molar refractivity (Wildman–Crippen MR) is 92.5 cm³/mol. The van der Waals surface area contributed by atoms with Crippen molar-refractivity contribution >= 4 is 16.9 Å². The molecule has 0 radical (unpaired) electrons. The highest BCUT2D eigenvalue weighted by Gasteiger charge is 2.12. The van der Waals surface area contributed by atoms with Crippen LogP contribution in [0.2, 0.25) is 0 Å². The van der Waals surface area contributed by atoms with Crippen LogP contribution in [-0.4, -0.2) is 12.5 Å². The summed E-state index contributed by atoms with van der Waals surface area (Å²) in [7, 11) is 0. The second kappa shape index (κ2) is 6.69. The second-order valence-corrected chi connectivity index (χ2v) is 5.91. The number of amides is 1. The Balaban J connectivity index is 1.61. The summed E-state index contributed by atoms with van der Waals surface area (Å²) >= 11 is 0. The van der Waals surface area contributed by atoms with Crippen molar-refractivity contribution in [2.45, 2.75) is 26.7 Å². The largest absolute Gasteiger partial charge is 0.464 e. The summed E-state index contributed by atoms with van der Waals surface area (Å²) in [4.78, 5) is 12.1. The molecule has 1 aromatic heterocycles. The molecule has 0 aliphatic rings. The number of rotatable bonds is 5. The number of carbonyl (C=O) groups is 1. The molecule has 2 aromatic carbocycles. The van der Waals surface area contributed by atoms with E-state index in [1.807, 2.05) is 31.2 Å². The van der Waals surface area contributed by atoms with Gasteiger partial charge < -0.3 is 9.73 Å². The van der Waals surface area contributed by atoms with Crippen molar-refractivity contribution in [1.82, 2.24) is 5.32 Å². The smallest absolute Gasteiger partial charge is 0.224 e. The minimum Gasteiger partial charge on any atom is -0.464 e. The van der Waals surface area contributed by atoms with Crippen molar-refractivity contribution in [3.63, 3.8) is 0 Å². The summed E-state index contributed by atoms with van der Waals surface area (Å²) in [6, 6.07) is 14.3. The lowest BCUT2D eigenvalue weighted by Gasteiger charge is -2.05. The Bertz CT molecular complexity index is 818. The van der Waals surface area contributed by atoms with Gasteiger partial charge in [-0.05, 0) is 37.0 Å². The van der Waals surface area contributed by atoms with Crippen LogP contribution in [0.5, 0.6) is 0 Å². The summed E-state index contributed by atoms with van der Waals surface area (Å²) in [5.41, 5.74) is 5.40. The van der Waals surface area contributed by atoms with Crippen LogP contribution in [0.15, 0.2) is 53.1 Å². The highest BCUT2D eigenvalue weighted by atomic mass is 16.3. The second-order valence-electron chi connectivity index (χ2n) is 5.91. The molecule has 0 atom stereocenters. The Hall–Kier alpha value is -2.55. The first kappa shape index (κ1) is 15.3. The number of furan rings is 1. The van der Waals surface area contributed by atoms with Crippen LogP contribution < -0.4 is 5.32 Å². The molecule has 1 N–H and O–H groups in total. The van der Waals surface area contributed by atoms with Gasteiger partial charge in [0.1, 0.15) is 5.58 Å². The Morgan fingerprint density at radius 1 is 1.09 bits per heavy atom. The van der Waals surface area contributed by atoms with Crippen molar-refractivity contribution in [3.05, 3.63) is 71.0 Å². The average Bonchev–Trinajstić information content (AvgIpc) is 2.95. The van der Waals surface area contributed by atoms with E-state index in [0.29, 0.717) is 13.0 Å². The Labute approximate surface area is 136 Å². The molecule has 0 saturated heterocycles. The lowest BCUT2D eigenvalue weighted by Crippen LogP contribution is -2.27. The van der Waals surface area contributed by atoms with Crippen LogP contribution in [0.25, 0.3) is 11.0 Å². The lowest BCUT2D eigenvalue weighted by molar-refractivity contribution is -0.120. The van der Waals surface area contributed by atoms with Crippen LogP contribution in [0.3, 0.4) is 0 Å². The number of carbonyl (C=O) groups excluding carboxylic acids is 1. The summed E-state index contributed by atoms with van der Waals surface area (Å²) in [6.45, 7) is 4.76. The molecular formula is C20H21NO2. The number of benzene rings is 2. The first-order chi connectivity index (χ1) is 11.1. The van der Waals surface area contributed by atoms with Gasteiger partial charge in [-0.2, -0.15) is 0 Å². The highest BCUT2D eigenvalue weighted by Crippen LogP contribution is 2.26. The monoisotopic (exact) mass is 307 g/mol. The molecule has 0 unspecified atom stereocenters. The average molecular weight is 307 g/mol. The third-order valence-electron chi connectivity index (χ3n) is 4.27. The molecule has 0 spiro atoms. The fourth-order valence-electron chi connectivity index (χ4n) is 2.75. The van der Waals surface area contributed by atoms with Gasteiger partial charge in [0, 0.05) is 17.5 Å². The SMILES string of the molecule is Cc1ccc2c(CC(=O)NCCc3ccccc3)coc2c1C. The van der Waals surface area contributed by atoms with Gasteiger partial charge in [0.2, 0.25) is 5.91 Å². The number of fused-ring (bicyclic) bond motifs is 1. The third kappa shape index (κ3) is 3.45. The van der Waals surface area contributed by atoms with Crippen molar-refractivity contribution < 1.29 is 9.21 Å². The maximum absolute atomic E-state index is 12.1. The van der Waals surface area contributed by atoms with Crippen molar-refractivity contribution in [2.24, 2.45) is 0 Å². The van der Waals surface area contributed by atoms with Crippen molar-refractivity contribution in [1.29, 1.82) is 0 Å². The zero-order valence-electron chi connectivity index (χ0n) is 13.6. The molecule has 0 bridgehead atoms. The van der Waals surface area contributed by atoms with Gasteiger partial charge in [-0.25, -0.2) is 0 Å². The third-order valence-corrected chi connectivity index (χ3v) is 4.27. The maximum atomic E-state index is 12.1. The standard InChI is InChI=1S/C20H21NO2/c1-14-8-9-18-17(13-23-20(18)15(14)2)12-19(22)21-11-10-16-6-4-3-5-7-16/h3-9,13H,10-12H2,1-2H3,(H,21,22). The molecule has 3 nitrogen and oxygen atoms in total. The van der Waals surface area contributed by atoms with E-state index in [9.17, 15) is 4.79 Å². The van der Waals surface area contributed by atoms with Crippen LogP contribution in [-0.2, 0) is 17.6 Å². The van der Waals surface area contributed by atoms with Gasteiger partial charge in [-0.3, -0.25) is 4.79 Å². The van der Waals surface area contributed by atoms with Crippen molar-refractivity contribution in [2.75, 3.05) is 6.54 Å². The van der Waals surface area contributed by atoms with E-state index in [1.54, 1.807) is 6.26 Å². The summed E-state index contributed by atoms with van der Waals surface area (Å²) < 4.78 is 5.66. The minimum absolute atomic E-state index is 0.0295. The zero-order chi connectivity index (χ0) is 16.2. The summed E-state index contributed by atoms with van der Waals surface area (Å²) in [6.07, 6.45) is 2.90. The van der Waals surface area contributed by atoms with E-state index in [1.165, 1.54) is 11.1 Å². The van der Waals surface area contributed by atoms with Crippen LogP contribution in [0.1, 0.15) is 22.3 Å². The minimum atomic E-state index is 0.0295. The van der Waals surface area contributed by atoms with Crippen molar-refractivity contribution in [3.8, 4) is 0 Å². The first-order valence-corrected chi connectivity index (χ1v) is 7.92. The van der Waals surface area contributed by atoms with Crippen LogP contribution in [0.4, 0.5) is 0 Å². The van der Waals surface area contributed by atoms with E-state index < -0.39 is 0 Å². The van der Waals surface area contributed by atoms with Gasteiger partial charge >= 0.3 is 0 Å². The molecule has 0 aliphatic heterocycles. The predicted octanol–water partition coefficient (Wildman–Crippen LogP) is 3.95. The topological polar surface area (TPSA) is 42.2 Å². The maximum Gasteiger partial charge on any atom is 0.224 e. The molecule has 118 valence electrons. The van der Waals surface area contributed by atoms with E-state index in [4.69, 9.17) is 4.42 Å². The summed E-state index contributed by atoms with van der Waals surface area (Å²) in [5.74, 6) is 0.0295. The fraction of sp³-hybridized carbons (Fsp3) is 0.250. The van der Waals surface area contributed by atoms with Gasteiger partial charge in [-0.15, -0.1) is 0 Å². The van der Waals surface area contributed by atoms with E-state index >= 15 is 0 Å². The van der Waals surface area contributed by atoms with Crippen LogP contribution in [0, 0.1) is 13.8 Å². The molecule has 0 fully saturated rings. The van der Waals surface area contributed by atoms with E-state index in [0.717, 1.165) is 28.5 Å². The quantitative estimate of drug-likeness (QED) is 0.775. The van der Waals surface area contributed by atoms with Gasteiger partial charge in [0.05, 0.1) is 12.7 Å². The molecule has 0 saturated carbocycles. The highest BCUT2D eigenvalue weighted by molar-refractivity contribution is 5.89. The Morgan fingerprint density at radius 2 is 1.87 bits per heavy atom. The van der Waals surface area contributed by atoms with Crippen LogP contribution >= 0.6 is 0 Å². The fourth-order valence-corrected chi connectivity index (χ4v) is 2.75. The van der Waals surface area contributed by atoms with E-state index in [2.05, 4.69) is 30.4 Å². The normalized spacial score (nSPS) is 10.9. The molecule has 1 heterocycles. The van der Waals surface area contributed by atoms with Gasteiger partial charge in [-0.1, -0.05) is 42.5 Å². The lowest BCUT2D eigenvalue weighted by atomic mass is 10.0. The molecule has 23 heavy (non-hydrogen) atoms. The number of nitrogens with one attached hydrogen (secondary N) is 1. The molecule has 3 heteroatoms. The van der Waals surface area contributed by atoms with E-state index in [-0.39, 0.29) is 5.91 Å². The number of aryl methyl sites for hydroxylation is 2. The molecule has 0 aliphatic carbocycles. The molecule has 1 amide bonds. The first-order valence-electron chi connectivity index (χ1n) is 7.92. The number of hydrogen-bond acceptors (Lipinski definition) is 2. The summed E-state index contributed by atoms with van der Waals surface area (Å²) in [5, 5.41) is 4.01. The zero-order valence-corrected chi connectivity index (χ0v) is 13.6.